The summed E-state index contributed by atoms with van der Waals surface area (Å²) in [5, 5.41) is 4.21. The van der Waals surface area contributed by atoms with Gasteiger partial charge < -0.3 is 14.6 Å². The quantitative estimate of drug-likeness (QED) is 0.275. The molecule has 0 aliphatic rings. The van der Waals surface area contributed by atoms with E-state index in [1.807, 2.05) is 42.5 Å². The monoisotopic (exact) mass is 481 g/mol. The molecule has 5 nitrogen and oxygen atoms in total. The number of imidazole rings is 1. The number of rotatable bonds is 10. The minimum Gasteiger partial charge on any atom is -0.494 e. The number of carbonyl (C=O) groups excluding carboxylic acids is 1. The van der Waals surface area contributed by atoms with E-state index >= 15 is 0 Å². The summed E-state index contributed by atoms with van der Waals surface area (Å²) in [5.41, 5.74) is 2.62. The van der Waals surface area contributed by atoms with Crippen molar-refractivity contribution in [1.82, 2.24) is 14.9 Å². The van der Waals surface area contributed by atoms with Gasteiger partial charge in [0.2, 0.25) is 0 Å². The summed E-state index contributed by atoms with van der Waals surface area (Å²) >= 11 is 11.9. The second-order valence-electron chi connectivity index (χ2n) is 7.69. The van der Waals surface area contributed by atoms with Crippen molar-refractivity contribution in [1.29, 1.82) is 0 Å². The molecule has 7 heteroatoms. The fraction of sp³-hybridized carbons (Fsp3) is 0.231. The van der Waals surface area contributed by atoms with E-state index in [2.05, 4.69) is 16.0 Å². The highest BCUT2D eigenvalue weighted by Crippen LogP contribution is 2.19. The van der Waals surface area contributed by atoms with Crippen LogP contribution in [0.5, 0.6) is 5.75 Å². The van der Waals surface area contributed by atoms with Crippen LogP contribution in [0.25, 0.3) is 11.0 Å². The first-order valence-electron chi connectivity index (χ1n) is 11.0. The number of ether oxygens (including phenoxy) is 1. The maximum Gasteiger partial charge on any atom is 0.251 e. The van der Waals surface area contributed by atoms with E-state index < -0.39 is 0 Å². The molecule has 4 aromatic rings. The predicted octanol–water partition coefficient (Wildman–Crippen LogP) is 6.17. The highest BCUT2D eigenvalue weighted by atomic mass is 35.5. The normalized spacial score (nSPS) is 11.0. The maximum atomic E-state index is 12.4. The number of hydrogen-bond acceptors (Lipinski definition) is 3. The summed E-state index contributed by atoms with van der Waals surface area (Å²) in [5.74, 6) is 1.64. The molecule has 170 valence electrons. The molecule has 0 unspecified atom stereocenters. The molecule has 0 saturated heterocycles. The Bertz CT molecular complexity index is 1220. The molecular weight excluding hydrogens is 457 g/mol. The van der Waals surface area contributed by atoms with Crippen LogP contribution in [-0.2, 0) is 13.0 Å². The Hall–Kier alpha value is -3.02. The van der Waals surface area contributed by atoms with Crippen molar-refractivity contribution in [2.24, 2.45) is 0 Å². The molecule has 4 rings (SSSR count). The lowest BCUT2D eigenvalue weighted by atomic mass is 10.2. The topological polar surface area (TPSA) is 56.2 Å². The van der Waals surface area contributed by atoms with Crippen LogP contribution in [-0.4, -0.2) is 28.6 Å². The van der Waals surface area contributed by atoms with E-state index in [-0.39, 0.29) is 5.91 Å². The molecule has 0 saturated carbocycles. The maximum absolute atomic E-state index is 12.4. The van der Waals surface area contributed by atoms with Gasteiger partial charge in [-0.25, -0.2) is 4.98 Å². The second kappa shape index (κ2) is 11.2. The summed E-state index contributed by atoms with van der Waals surface area (Å²) in [6.07, 6.45) is 2.51. The SMILES string of the molecule is O=C(NCCc1nc2ccccc2n1CCCCOc1ccc(Cl)cc1)c1cccc(Cl)c1. The number of fused-ring (bicyclic) bond motifs is 1. The Kier molecular flexibility index (Phi) is 7.87. The number of carbonyl (C=O) groups is 1. The van der Waals surface area contributed by atoms with Crippen molar-refractivity contribution < 1.29 is 9.53 Å². The van der Waals surface area contributed by atoms with Crippen molar-refractivity contribution >= 4 is 40.1 Å². The minimum absolute atomic E-state index is 0.139. The van der Waals surface area contributed by atoms with Gasteiger partial charge >= 0.3 is 0 Å². The number of benzene rings is 3. The van der Waals surface area contributed by atoms with Crippen molar-refractivity contribution in [3.63, 3.8) is 0 Å². The molecule has 0 atom stereocenters. The summed E-state index contributed by atoms with van der Waals surface area (Å²) < 4.78 is 8.04. The lowest BCUT2D eigenvalue weighted by Crippen LogP contribution is -2.26. The van der Waals surface area contributed by atoms with Crippen molar-refractivity contribution in [3.05, 3.63) is 94.2 Å². The zero-order chi connectivity index (χ0) is 23.0. The van der Waals surface area contributed by atoms with Gasteiger partial charge in [0, 0.05) is 35.1 Å². The smallest absolute Gasteiger partial charge is 0.251 e. The molecule has 1 heterocycles. The number of amides is 1. The van der Waals surface area contributed by atoms with Gasteiger partial charge in [-0.2, -0.15) is 0 Å². The summed E-state index contributed by atoms with van der Waals surface area (Å²) in [4.78, 5) is 17.2. The predicted molar refractivity (Wildman–Crippen MR) is 133 cm³/mol. The van der Waals surface area contributed by atoms with Crippen LogP contribution in [0.15, 0.2) is 72.8 Å². The minimum atomic E-state index is -0.139. The van der Waals surface area contributed by atoms with E-state index in [0.717, 1.165) is 42.0 Å². The Morgan fingerprint density at radius 3 is 2.58 bits per heavy atom. The molecule has 0 radical (unpaired) electrons. The number of aromatic nitrogens is 2. The van der Waals surface area contributed by atoms with Crippen LogP contribution in [0.4, 0.5) is 0 Å². The molecular formula is C26H25Cl2N3O2. The van der Waals surface area contributed by atoms with Crippen molar-refractivity contribution in [2.45, 2.75) is 25.8 Å². The summed E-state index contributed by atoms with van der Waals surface area (Å²) in [6.45, 7) is 1.97. The molecule has 0 aliphatic carbocycles. The van der Waals surface area contributed by atoms with Gasteiger partial charge in [0.25, 0.3) is 5.91 Å². The average molecular weight is 482 g/mol. The summed E-state index contributed by atoms with van der Waals surface area (Å²) in [7, 11) is 0. The molecule has 0 fully saturated rings. The van der Waals surface area contributed by atoms with E-state index in [0.29, 0.717) is 35.2 Å². The first kappa shape index (κ1) is 23.1. The highest BCUT2D eigenvalue weighted by Gasteiger charge is 2.11. The molecule has 0 aliphatic heterocycles. The van der Waals surface area contributed by atoms with Crippen LogP contribution in [0.3, 0.4) is 0 Å². The third kappa shape index (κ3) is 6.28. The average Bonchev–Trinajstić information content (AvgIpc) is 3.17. The molecule has 1 N–H and O–H groups in total. The Balaban J connectivity index is 1.33. The van der Waals surface area contributed by atoms with Crippen LogP contribution in [0, 0.1) is 0 Å². The fourth-order valence-electron chi connectivity index (χ4n) is 3.68. The number of halogens is 2. The van der Waals surface area contributed by atoms with E-state index in [9.17, 15) is 4.79 Å². The van der Waals surface area contributed by atoms with Crippen LogP contribution < -0.4 is 10.1 Å². The number of aryl methyl sites for hydroxylation is 1. The molecule has 0 spiro atoms. The van der Waals surface area contributed by atoms with Crippen molar-refractivity contribution in [2.75, 3.05) is 13.2 Å². The Morgan fingerprint density at radius 2 is 1.76 bits per heavy atom. The third-order valence-corrected chi connectivity index (χ3v) is 5.80. The van der Waals surface area contributed by atoms with Crippen LogP contribution in [0.1, 0.15) is 29.0 Å². The zero-order valence-electron chi connectivity index (χ0n) is 18.1. The molecule has 3 aromatic carbocycles. The number of nitrogens with one attached hydrogen (secondary N) is 1. The molecule has 1 amide bonds. The lowest BCUT2D eigenvalue weighted by Gasteiger charge is -2.11. The molecule has 1 aromatic heterocycles. The largest absolute Gasteiger partial charge is 0.494 e. The van der Waals surface area contributed by atoms with E-state index in [1.54, 1.807) is 24.3 Å². The standard InChI is InChI=1S/C26H25Cl2N3O2/c27-20-10-12-22(13-11-20)33-17-4-3-16-31-24-9-2-1-8-23(24)30-25(31)14-15-29-26(32)19-6-5-7-21(28)18-19/h1-2,5-13,18H,3-4,14-17H2,(H,29,32). The summed E-state index contributed by atoms with van der Waals surface area (Å²) in [6, 6.07) is 22.5. The van der Waals surface area contributed by atoms with Gasteiger partial charge in [-0.15, -0.1) is 0 Å². The Morgan fingerprint density at radius 1 is 0.939 bits per heavy atom. The number of para-hydroxylation sites is 2. The van der Waals surface area contributed by atoms with Gasteiger partial charge in [0.05, 0.1) is 17.6 Å². The van der Waals surface area contributed by atoms with Gasteiger partial charge in [-0.3, -0.25) is 4.79 Å². The first-order chi connectivity index (χ1) is 16.1. The zero-order valence-corrected chi connectivity index (χ0v) is 19.6. The van der Waals surface area contributed by atoms with Crippen molar-refractivity contribution in [3.8, 4) is 5.75 Å². The Labute approximate surface area is 203 Å². The third-order valence-electron chi connectivity index (χ3n) is 5.31. The second-order valence-corrected chi connectivity index (χ2v) is 8.57. The van der Waals surface area contributed by atoms with Gasteiger partial charge in [-0.1, -0.05) is 41.4 Å². The first-order valence-corrected chi connectivity index (χ1v) is 11.7. The van der Waals surface area contributed by atoms with Gasteiger partial charge in [-0.05, 0) is 67.4 Å². The fourth-order valence-corrected chi connectivity index (χ4v) is 3.99. The van der Waals surface area contributed by atoms with Gasteiger partial charge in [0.15, 0.2) is 0 Å². The van der Waals surface area contributed by atoms with Crippen LogP contribution in [0.2, 0.25) is 10.0 Å². The van der Waals surface area contributed by atoms with Gasteiger partial charge in [0.1, 0.15) is 11.6 Å². The highest BCUT2D eigenvalue weighted by molar-refractivity contribution is 6.31. The number of nitrogens with zero attached hydrogens (tertiary/aromatic N) is 2. The molecule has 33 heavy (non-hydrogen) atoms. The number of hydrogen-bond donors (Lipinski definition) is 1. The van der Waals surface area contributed by atoms with E-state index in [4.69, 9.17) is 32.9 Å². The molecule has 0 bridgehead atoms. The van der Waals surface area contributed by atoms with E-state index in [1.165, 1.54) is 0 Å². The van der Waals surface area contributed by atoms with Crippen LogP contribution >= 0.6 is 23.2 Å². The lowest BCUT2D eigenvalue weighted by molar-refractivity contribution is 0.0954. The number of unbranched alkanes of at least 4 members (excludes halogenated alkanes) is 1.